The summed E-state index contributed by atoms with van der Waals surface area (Å²) >= 11 is 0. The van der Waals surface area contributed by atoms with Crippen LogP contribution in [0.4, 0.5) is 4.79 Å². The van der Waals surface area contributed by atoms with Crippen molar-refractivity contribution in [3.63, 3.8) is 0 Å². The number of aromatic nitrogens is 2. The van der Waals surface area contributed by atoms with Crippen LogP contribution in [0.15, 0.2) is 22.7 Å². The molecule has 8 nitrogen and oxygen atoms in total. The van der Waals surface area contributed by atoms with E-state index in [2.05, 4.69) is 20.8 Å². The third kappa shape index (κ3) is 3.76. The minimum Gasteiger partial charge on any atom is -0.486 e. The van der Waals surface area contributed by atoms with Crippen molar-refractivity contribution in [1.82, 2.24) is 20.8 Å². The van der Waals surface area contributed by atoms with Crippen molar-refractivity contribution in [2.24, 2.45) is 0 Å². The predicted molar refractivity (Wildman–Crippen MR) is 102 cm³/mol. The summed E-state index contributed by atoms with van der Waals surface area (Å²) in [6, 6.07) is 5.73. The Kier molecular flexibility index (Phi) is 4.87. The molecule has 2 heterocycles. The Morgan fingerprint density at radius 2 is 2.11 bits per heavy atom. The zero-order valence-electron chi connectivity index (χ0n) is 16.4. The molecule has 4 rings (SSSR count). The van der Waals surface area contributed by atoms with Crippen molar-refractivity contribution in [2.45, 2.75) is 57.5 Å². The van der Waals surface area contributed by atoms with Crippen LogP contribution in [0.3, 0.4) is 0 Å². The van der Waals surface area contributed by atoms with Gasteiger partial charge < -0.3 is 24.6 Å². The van der Waals surface area contributed by atoms with E-state index in [4.69, 9.17) is 14.0 Å². The number of benzene rings is 1. The Labute approximate surface area is 164 Å². The predicted octanol–water partition coefficient (Wildman–Crippen LogP) is 2.88. The third-order valence-electron chi connectivity index (χ3n) is 5.02. The number of nitrogens with one attached hydrogen (secondary N) is 2. The minimum atomic E-state index is -0.729. The molecule has 1 aromatic heterocycles. The van der Waals surface area contributed by atoms with Gasteiger partial charge in [-0.1, -0.05) is 24.2 Å². The second-order valence-corrected chi connectivity index (χ2v) is 7.81. The Hall–Kier alpha value is -2.77. The smallest absolute Gasteiger partial charge is 0.315 e. The molecule has 1 fully saturated rings. The maximum absolute atomic E-state index is 12.5. The highest BCUT2D eigenvalue weighted by molar-refractivity contribution is 5.76. The van der Waals surface area contributed by atoms with Gasteiger partial charge in [0.05, 0.1) is 5.54 Å². The van der Waals surface area contributed by atoms with E-state index in [1.807, 2.05) is 39.0 Å². The number of carbonyl (C=O) groups excluding carboxylic acids is 1. The van der Waals surface area contributed by atoms with Crippen LogP contribution < -0.4 is 20.1 Å². The summed E-state index contributed by atoms with van der Waals surface area (Å²) in [6.07, 6.45) is 2.53. The number of hydrogen-bond donors (Lipinski definition) is 2. The molecule has 0 spiro atoms. The van der Waals surface area contributed by atoms with E-state index in [1.165, 1.54) is 0 Å². The van der Waals surface area contributed by atoms with Crippen LogP contribution in [0.25, 0.3) is 0 Å². The van der Waals surface area contributed by atoms with E-state index in [-0.39, 0.29) is 18.0 Å². The lowest BCUT2D eigenvalue weighted by Crippen LogP contribution is -2.47. The number of rotatable bonds is 6. The van der Waals surface area contributed by atoms with Gasteiger partial charge in [0.1, 0.15) is 13.2 Å². The summed E-state index contributed by atoms with van der Waals surface area (Å²) in [6.45, 7) is 6.88. The minimum absolute atomic E-state index is 0.0637. The highest BCUT2D eigenvalue weighted by atomic mass is 16.6. The van der Waals surface area contributed by atoms with E-state index < -0.39 is 5.54 Å². The van der Waals surface area contributed by atoms with Crippen molar-refractivity contribution in [1.29, 1.82) is 0 Å². The number of para-hydroxylation sites is 1. The standard InChI is InChI=1S/C20H26N4O4/c1-4-6-16-22-18(24-28-16)20(2,3)23-19(25)21-14-11-13(14)12-7-5-8-15-17(12)27-10-9-26-15/h5,7-8,13-14H,4,6,9-11H2,1-3H3,(H2,21,23,25)/t13-,14+/m0/s1. The zero-order chi connectivity index (χ0) is 19.7. The summed E-state index contributed by atoms with van der Waals surface area (Å²) in [5.74, 6) is 2.87. The van der Waals surface area contributed by atoms with Crippen molar-refractivity contribution in [3.05, 3.63) is 35.5 Å². The molecule has 2 N–H and O–H groups in total. The van der Waals surface area contributed by atoms with Gasteiger partial charge in [0.2, 0.25) is 5.89 Å². The van der Waals surface area contributed by atoms with Gasteiger partial charge in [-0.2, -0.15) is 4.98 Å². The fourth-order valence-corrected chi connectivity index (χ4v) is 3.45. The topological polar surface area (TPSA) is 98.5 Å². The lowest BCUT2D eigenvalue weighted by atomic mass is 10.1. The number of hydrogen-bond acceptors (Lipinski definition) is 6. The molecule has 0 bridgehead atoms. The van der Waals surface area contributed by atoms with E-state index >= 15 is 0 Å². The van der Waals surface area contributed by atoms with Gasteiger partial charge in [-0.3, -0.25) is 0 Å². The fraction of sp³-hybridized carbons (Fsp3) is 0.550. The van der Waals surface area contributed by atoms with Gasteiger partial charge in [0.15, 0.2) is 17.3 Å². The van der Waals surface area contributed by atoms with Gasteiger partial charge in [0.25, 0.3) is 0 Å². The number of carbonyl (C=O) groups is 1. The molecule has 1 aliphatic heterocycles. The Balaban J connectivity index is 1.36. The monoisotopic (exact) mass is 386 g/mol. The molecule has 2 atom stereocenters. The van der Waals surface area contributed by atoms with E-state index in [1.54, 1.807) is 0 Å². The lowest BCUT2D eigenvalue weighted by molar-refractivity contribution is 0.170. The fourth-order valence-electron chi connectivity index (χ4n) is 3.45. The van der Waals surface area contributed by atoms with Gasteiger partial charge in [-0.25, -0.2) is 4.79 Å². The second-order valence-electron chi connectivity index (χ2n) is 7.81. The first-order valence-corrected chi connectivity index (χ1v) is 9.78. The maximum atomic E-state index is 12.5. The summed E-state index contributed by atoms with van der Waals surface area (Å²) in [5, 5.41) is 9.98. The van der Waals surface area contributed by atoms with E-state index in [0.717, 1.165) is 36.3 Å². The first-order valence-electron chi connectivity index (χ1n) is 9.78. The second kappa shape index (κ2) is 7.33. The molecule has 28 heavy (non-hydrogen) atoms. The Morgan fingerprint density at radius 3 is 2.93 bits per heavy atom. The van der Waals surface area contributed by atoms with E-state index in [0.29, 0.717) is 24.9 Å². The van der Waals surface area contributed by atoms with Crippen molar-refractivity contribution in [2.75, 3.05) is 13.2 Å². The average molecular weight is 386 g/mol. The number of nitrogens with zero attached hydrogens (tertiary/aromatic N) is 2. The van der Waals surface area contributed by atoms with Crippen LogP contribution in [0.5, 0.6) is 11.5 Å². The van der Waals surface area contributed by atoms with Crippen LogP contribution in [0.1, 0.15) is 56.8 Å². The Morgan fingerprint density at radius 1 is 1.29 bits per heavy atom. The molecule has 8 heteroatoms. The molecule has 2 aromatic rings. The lowest BCUT2D eigenvalue weighted by Gasteiger charge is -2.23. The summed E-state index contributed by atoms with van der Waals surface area (Å²) in [4.78, 5) is 16.9. The van der Waals surface area contributed by atoms with Gasteiger partial charge in [-0.05, 0) is 32.8 Å². The molecule has 1 aromatic carbocycles. The molecular weight excluding hydrogens is 360 g/mol. The van der Waals surface area contributed by atoms with Gasteiger partial charge in [0, 0.05) is 23.9 Å². The van der Waals surface area contributed by atoms with E-state index in [9.17, 15) is 4.79 Å². The zero-order valence-corrected chi connectivity index (χ0v) is 16.4. The number of aryl methyl sites for hydroxylation is 1. The van der Waals surface area contributed by atoms with Crippen LogP contribution in [0, 0.1) is 0 Å². The van der Waals surface area contributed by atoms with Crippen molar-refractivity contribution in [3.8, 4) is 11.5 Å². The molecule has 1 aliphatic carbocycles. The first kappa shape index (κ1) is 18.6. The first-order chi connectivity index (χ1) is 13.5. The molecule has 0 saturated heterocycles. The van der Waals surface area contributed by atoms with Crippen LogP contribution >= 0.6 is 0 Å². The normalized spacial score (nSPS) is 20.5. The van der Waals surface area contributed by atoms with Crippen LogP contribution in [0.2, 0.25) is 0 Å². The number of ether oxygens (including phenoxy) is 2. The molecular formula is C20H26N4O4. The number of urea groups is 1. The number of amides is 2. The Bertz CT molecular complexity index is 864. The highest BCUT2D eigenvalue weighted by Gasteiger charge is 2.43. The average Bonchev–Trinajstić information content (AvgIpc) is 3.24. The molecule has 150 valence electrons. The summed E-state index contributed by atoms with van der Waals surface area (Å²) < 4.78 is 16.7. The molecule has 1 saturated carbocycles. The maximum Gasteiger partial charge on any atom is 0.315 e. The molecule has 2 aliphatic rings. The van der Waals surface area contributed by atoms with Crippen LogP contribution in [-0.2, 0) is 12.0 Å². The highest BCUT2D eigenvalue weighted by Crippen LogP contribution is 2.48. The third-order valence-corrected chi connectivity index (χ3v) is 5.02. The summed E-state index contributed by atoms with van der Waals surface area (Å²) in [5.41, 5.74) is 0.358. The molecule has 0 radical (unpaired) electrons. The largest absolute Gasteiger partial charge is 0.486 e. The van der Waals surface area contributed by atoms with Crippen molar-refractivity contribution >= 4 is 6.03 Å². The SMILES string of the molecule is CCCc1nc(C(C)(C)NC(=O)N[C@@H]2C[C@H]2c2cccc3c2OCCO3)no1. The molecule has 2 amide bonds. The van der Waals surface area contributed by atoms with Crippen LogP contribution in [-0.4, -0.2) is 35.4 Å². The quantitative estimate of drug-likeness (QED) is 0.792. The van der Waals surface area contributed by atoms with Gasteiger partial charge in [-0.15, -0.1) is 0 Å². The summed E-state index contributed by atoms with van der Waals surface area (Å²) in [7, 11) is 0. The molecule has 0 unspecified atom stereocenters. The van der Waals surface area contributed by atoms with Crippen molar-refractivity contribution < 1.29 is 18.8 Å². The number of fused-ring (bicyclic) bond motifs is 1. The van der Waals surface area contributed by atoms with Gasteiger partial charge >= 0.3 is 6.03 Å².